The summed E-state index contributed by atoms with van der Waals surface area (Å²) in [5.74, 6) is 0.0228. The van der Waals surface area contributed by atoms with Crippen molar-refractivity contribution in [3.63, 3.8) is 0 Å². The lowest BCUT2D eigenvalue weighted by Gasteiger charge is -2.19. The molecular formula is C19H21NO. The lowest BCUT2D eigenvalue weighted by atomic mass is 9.88. The second kappa shape index (κ2) is 6.13. The highest BCUT2D eigenvalue weighted by atomic mass is 16.1. The summed E-state index contributed by atoms with van der Waals surface area (Å²) in [6.45, 7) is 2.11. The number of para-hydroxylation sites is 1. The Labute approximate surface area is 126 Å². The third-order valence-electron chi connectivity index (χ3n) is 4.29. The van der Waals surface area contributed by atoms with Crippen LogP contribution in [0.15, 0.2) is 42.5 Å². The number of carbonyl (C=O) groups excluding carboxylic acids is 1. The third-order valence-corrected chi connectivity index (χ3v) is 4.29. The summed E-state index contributed by atoms with van der Waals surface area (Å²) >= 11 is 0. The Morgan fingerprint density at radius 1 is 1.05 bits per heavy atom. The van der Waals surface area contributed by atoms with Crippen LogP contribution in [0.25, 0.3) is 0 Å². The molecule has 1 N–H and O–H groups in total. The average Bonchev–Trinajstić information content (AvgIpc) is 2.54. The smallest absolute Gasteiger partial charge is 0.255 e. The fourth-order valence-corrected chi connectivity index (χ4v) is 3.13. The largest absolute Gasteiger partial charge is 0.322 e. The molecular weight excluding hydrogens is 258 g/mol. The Bertz CT molecular complexity index is 660. The maximum Gasteiger partial charge on any atom is 0.255 e. The molecule has 2 aromatic rings. The normalized spacial score (nSPS) is 13.6. The monoisotopic (exact) mass is 279 g/mol. The lowest BCUT2D eigenvalue weighted by Crippen LogP contribution is -2.17. The highest BCUT2D eigenvalue weighted by Crippen LogP contribution is 2.25. The van der Waals surface area contributed by atoms with Gasteiger partial charge in [0, 0.05) is 11.3 Å². The highest BCUT2D eigenvalue weighted by molar-refractivity contribution is 6.05. The summed E-state index contributed by atoms with van der Waals surface area (Å²) in [5, 5.41) is 3.09. The summed E-state index contributed by atoms with van der Waals surface area (Å²) in [7, 11) is 0. The van der Waals surface area contributed by atoms with Crippen molar-refractivity contribution >= 4 is 11.6 Å². The van der Waals surface area contributed by atoms with E-state index in [0.717, 1.165) is 30.5 Å². The van der Waals surface area contributed by atoms with Gasteiger partial charge in [-0.15, -0.1) is 0 Å². The second-order valence-electron chi connectivity index (χ2n) is 5.62. The van der Waals surface area contributed by atoms with Gasteiger partial charge in [0.2, 0.25) is 0 Å². The summed E-state index contributed by atoms with van der Waals surface area (Å²) in [5.41, 5.74) is 5.54. The quantitative estimate of drug-likeness (QED) is 0.887. The fourth-order valence-electron chi connectivity index (χ4n) is 3.13. The number of nitrogens with one attached hydrogen (secondary N) is 1. The summed E-state index contributed by atoms with van der Waals surface area (Å²) in [4.78, 5) is 12.6. The number of benzene rings is 2. The molecule has 2 nitrogen and oxygen atoms in total. The van der Waals surface area contributed by atoms with E-state index >= 15 is 0 Å². The van der Waals surface area contributed by atoms with E-state index in [2.05, 4.69) is 24.4 Å². The second-order valence-corrected chi connectivity index (χ2v) is 5.62. The Balaban J connectivity index is 1.89. The number of fused-ring (bicyclic) bond motifs is 1. The minimum Gasteiger partial charge on any atom is -0.322 e. The molecule has 0 saturated carbocycles. The molecule has 0 bridgehead atoms. The number of rotatable bonds is 3. The van der Waals surface area contributed by atoms with Crippen LogP contribution in [0.2, 0.25) is 0 Å². The third kappa shape index (κ3) is 2.85. The number of hydrogen-bond donors (Lipinski definition) is 1. The fraction of sp³-hybridized carbons (Fsp3) is 0.316. The standard InChI is InChI=1S/C19H21NO/c1-2-14-8-4-6-13-18(14)20-19(21)17-12-7-10-15-9-3-5-11-16(15)17/h4,6-8,10,12-13H,2-3,5,9,11H2,1H3,(H,20,21). The first-order chi connectivity index (χ1) is 10.3. The molecule has 0 fully saturated rings. The van der Waals surface area contributed by atoms with Crippen molar-refractivity contribution in [1.29, 1.82) is 0 Å². The molecule has 2 heteroatoms. The van der Waals surface area contributed by atoms with Gasteiger partial charge in [0.25, 0.3) is 5.91 Å². The molecule has 0 unspecified atom stereocenters. The van der Waals surface area contributed by atoms with Crippen LogP contribution in [0.3, 0.4) is 0 Å². The molecule has 108 valence electrons. The Hall–Kier alpha value is -2.09. The lowest BCUT2D eigenvalue weighted by molar-refractivity contribution is 0.102. The average molecular weight is 279 g/mol. The van der Waals surface area contributed by atoms with Crippen molar-refractivity contribution in [2.24, 2.45) is 0 Å². The molecule has 0 saturated heterocycles. The molecule has 0 aromatic heterocycles. The molecule has 0 heterocycles. The minimum atomic E-state index is 0.0228. The topological polar surface area (TPSA) is 29.1 Å². The van der Waals surface area contributed by atoms with Crippen LogP contribution in [0.5, 0.6) is 0 Å². The van der Waals surface area contributed by atoms with Gasteiger partial charge in [-0.2, -0.15) is 0 Å². The van der Waals surface area contributed by atoms with E-state index in [1.165, 1.54) is 29.5 Å². The molecule has 0 spiro atoms. The van der Waals surface area contributed by atoms with Crippen molar-refractivity contribution in [2.75, 3.05) is 5.32 Å². The van der Waals surface area contributed by atoms with Gasteiger partial charge in [-0.3, -0.25) is 4.79 Å². The van der Waals surface area contributed by atoms with Crippen LogP contribution in [-0.2, 0) is 19.3 Å². The van der Waals surface area contributed by atoms with Crippen molar-refractivity contribution in [3.8, 4) is 0 Å². The summed E-state index contributed by atoms with van der Waals surface area (Å²) < 4.78 is 0. The van der Waals surface area contributed by atoms with Gasteiger partial charge in [-0.05, 0) is 60.9 Å². The number of hydrogen-bond acceptors (Lipinski definition) is 1. The zero-order valence-corrected chi connectivity index (χ0v) is 12.5. The SMILES string of the molecule is CCc1ccccc1NC(=O)c1cccc2c1CCCC2. The zero-order chi connectivity index (χ0) is 14.7. The zero-order valence-electron chi connectivity index (χ0n) is 12.5. The molecule has 2 aromatic carbocycles. The number of amides is 1. The van der Waals surface area contributed by atoms with Gasteiger partial charge in [0.15, 0.2) is 0 Å². The van der Waals surface area contributed by atoms with Crippen molar-refractivity contribution in [3.05, 3.63) is 64.7 Å². The Kier molecular flexibility index (Phi) is 4.05. The molecule has 3 rings (SSSR count). The molecule has 1 aliphatic rings. The van der Waals surface area contributed by atoms with Gasteiger partial charge in [-0.1, -0.05) is 37.3 Å². The van der Waals surface area contributed by atoms with Gasteiger partial charge in [0.1, 0.15) is 0 Å². The first kappa shape index (κ1) is 13.9. The van der Waals surface area contributed by atoms with E-state index in [4.69, 9.17) is 0 Å². The summed E-state index contributed by atoms with van der Waals surface area (Å²) in [6, 6.07) is 14.1. The van der Waals surface area contributed by atoms with Crippen LogP contribution in [0.4, 0.5) is 5.69 Å². The maximum absolute atomic E-state index is 12.6. The van der Waals surface area contributed by atoms with Gasteiger partial charge < -0.3 is 5.32 Å². The van der Waals surface area contributed by atoms with Gasteiger partial charge in [0.05, 0.1) is 0 Å². The number of aryl methyl sites for hydroxylation is 2. The van der Waals surface area contributed by atoms with Crippen LogP contribution < -0.4 is 5.32 Å². The number of carbonyl (C=O) groups is 1. The number of anilines is 1. The predicted molar refractivity (Wildman–Crippen MR) is 86.9 cm³/mol. The van der Waals surface area contributed by atoms with Crippen LogP contribution in [-0.4, -0.2) is 5.91 Å². The highest BCUT2D eigenvalue weighted by Gasteiger charge is 2.17. The maximum atomic E-state index is 12.6. The summed E-state index contributed by atoms with van der Waals surface area (Å²) in [6.07, 6.45) is 5.46. The first-order valence-electron chi connectivity index (χ1n) is 7.79. The molecule has 0 radical (unpaired) electrons. The van der Waals surface area contributed by atoms with Crippen LogP contribution >= 0.6 is 0 Å². The first-order valence-corrected chi connectivity index (χ1v) is 7.79. The van der Waals surface area contributed by atoms with E-state index in [9.17, 15) is 4.79 Å². The van der Waals surface area contributed by atoms with E-state index in [1.54, 1.807) is 0 Å². The van der Waals surface area contributed by atoms with E-state index in [1.807, 2.05) is 30.3 Å². The van der Waals surface area contributed by atoms with Crippen molar-refractivity contribution in [1.82, 2.24) is 0 Å². The van der Waals surface area contributed by atoms with Crippen LogP contribution in [0.1, 0.15) is 46.8 Å². The van der Waals surface area contributed by atoms with Crippen LogP contribution in [0, 0.1) is 0 Å². The van der Waals surface area contributed by atoms with Crippen molar-refractivity contribution in [2.45, 2.75) is 39.0 Å². The molecule has 0 atom stereocenters. The predicted octanol–water partition coefficient (Wildman–Crippen LogP) is 4.38. The van der Waals surface area contributed by atoms with Gasteiger partial charge in [-0.25, -0.2) is 0 Å². The van der Waals surface area contributed by atoms with Gasteiger partial charge >= 0.3 is 0 Å². The Morgan fingerprint density at radius 2 is 1.86 bits per heavy atom. The van der Waals surface area contributed by atoms with E-state index < -0.39 is 0 Å². The molecule has 1 amide bonds. The van der Waals surface area contributed by atoms with E-state index in [0.29, 0.717) is 0 Å². The minimum absolute atomic E-state index is 0.0228. The molecule has 21 heavy (non-hydrogen) atoms. The van der Waals surface area contributed by atoms with Crippen molar-refractivity contribution < 1.29 is 4.79 Å². The van der Waals surface area contributed by atoms with E-state index in [-0.39, 0.29) is 5.91 Å². The molecule has 0 aliphatic heterocycles. The Morgan fingerprint density at radius 3 is 2.71 bits per heavy atom. The molecule has 1 aliphatic carbocycles.